The van der Waals surface area contributed by atoms with Gasteiger partial charge in [-0.3, -0.25) is 19.9 Å². The van der Waals surface area contributed by atoms with Crippen LogP contribution in [0, 0.1) is 5.92 Å². The normalized spacial score (nSPS) is 18.0. The summed E-state index contributed by atoms with van der Waals surface area (Å²) in [6.45, 7) is 0. The van der Waals surface area contributed by atoms with Gasteiger partial charge in [-0.05, 0) is 54.1 Å². The van der Waals surface area contributed by atoms with Crippen LogP contribution in [0.1, 0.15) is 21.8 Å². The van der Waals surface area contributed by atoms with E-state index in [-0.39, 0.29) is 10.6 Å². The first kappa shape index (κ1) is 25.8. The van der Waals surface area contributed by atoms with E-state index in [1.807, 2.05) is 0 Å². The van der Waals surface area contributed by atoms with Crippen LogP contribution in [0.15, 0.2) is 54.7 Å². The maximum absolute atomic E-state index is 13.0. The smallest absolute Gasteiger partial charge is 0.258 e. The first-order chi connectivity index (χ1) is 16.6. The van der Waals surface area contributed by atoms with Gasteiger partial charge < -0.3 is 10.6 Å². The zero-order valence-electron chi connectivity index (χ0n) is 17.9. The molecule has 2 aromatic carbocycles. The maximum Gasteiger partial charge on any atom is 0.258 e. The van der Waals surface area contributed by atoms with Crippen molar-refractivity contribution >= 4 is 87.0 Å². The summed E-state index contributed by atoms with van der Waals surface area (Å²) in [4.78, 5) is 34.7. The first-order valence-electron chi connectivity index (χ1n) is 10.1. The average Bonchev–Trinajstić information content (AvgIpc) is 3.38. The highest BCUT2D eigenvalue weighted by molar-refractivity contribution is 6.53. The quantitative estimate of drug-likeness (QED) is 0.213. The Labute approximate surface area is 226 Å². The predicted molar refractivity (Wildman–Crippen MR) is 140 cm³/mol. The van der Waals surface area contributed by atoms with Gasteiger partial charge >= 0.3 is 0 Å². The summed E-state index contributed by atoms with van der Waals surface area (Å²) in [5.41, 5.74) is 4.38. The number of carbonyl (C=O) groups is 2. The zero-order valence-corrected chi connectivity index (χ0v) is 21.7. The molecule has 1 fully saturated rings. The van der Waals surface area contributed by atoms with Gasteiger partial charge in [0.05, 0.1) is 35.5 Å². The molecule has 1 heterocycles. The van der Waals surface area contributed by atoms with Crippen molar-refractivity contribution in [1.29, 1.82) is 0 Å². The molecule has 2 amide bonds. The van der Waals surface area contributed by atoms with E-state index in [4.69, 9.17) is 62.8 Å². The summed E-state index contributed by atoms with van der Waals surface area (Å²) in [5, 5.41) is 6.42. The standard InChI is InChI=1S/C23H17Cl5N4O3/c1-35-32-15-3-5-18(29-10-15)31-21(33)16-9-14(2-4-17(16)26)30-22(34)20-19(23(20,27)28)11-6-12(24)8-13(25)7-11/h2-10,19-20,32H,1H3,(H,30,34)(H,29,31,33). The van der Waals surface area contributed by atoms with Gasteiger partial charge in [0, 0.05) is 21.7 Å². The molecular formula is C23H17Cl5N4O3. The second-order valence-electron chi connectivity index (χ2n) is 7.71. The van der Waals surface area contributed by atoms with E-state index in [0.29, 0.717) is 32.8 Å². The second-order valence-corrected chi connectivity index (χ2v) is 10.4. The Morgan fingerprint density at radius 3 is 2.26 bits per heavy atom. The third-order valence-electron chi connectivity index (χ3n) is 5.28. The van der Waals surface area contributed by atoms with Crippen molar-refractivity contribution in [3.05, 3.63) is 80.9 Å². The highest BCUT2D eigenvalue weighted by atomic mass is 35.5. The van der Waals surface area contributed by atoms with Gasteiger partial charge in [0.2, 0.25) is 5.91 Å². The van der Waals surface area contributed by atoms with Crippen LogP contribution in [0.5, 0.6) is 0 Å². The average molecular weight is 575 g/mol. The number of benzene rings is 2. The molecule has 0 aliphatic heterocycles. The van der Waals surface area contributed by atoms with E-state index in [1.165, 1.54) is 25.4 Å². The minimum atomic E-state index is -1.33. The zero-order chi connectivity index (χ0) is 25.3. The lowest BCUT2D eigenvalue weighted by Gasteiger charge is -2.10. The van der Waals surface area contributed by atoms with Crippen molar-refractivity contribution in [1.82, 2.24) is 4.98 Å². The van der Waals surface area contributed by atoms with Crippen LogP contribution < -0.4 is 16.1 Å². The van der Waals surface area contributed by atoms with Gasteiger partial charge in [-0.15, -0.1) is 23.2 Å². The molecule has 4 rings (SSSR count). The number of nitrogens with zero attached hydrogens (tertiary/aromatic N) is 1. The van der Waals surface area contributed by atoms with Crippen LogP contribution in [0.2, 0.25) is 15.1 Å². The van der Waals surface area contributed by atoms with Crippen LogP contribution in [-0.4, -0.2) is 28.2 Å². The molecule has 0 radical (unpaired) electrons. The molecule has 0 saturated heterocycles. The summed E-state index contributed by atoms with van der Waals surface area (Å²) in [7, 11) is 1.47. The monoisotopic (exact) mass is 572 g/mol. The van der Waals surface area contributed by atoms with Crippen molar-refractivity contribution in [3.63, 3.8) is 0 Å². The predicted octanol–water partition coefficient (Wildman–Crippen LogP) is 6.79. The molecule has 7 nitrogen and oxygen atoms in total. The van der Waals surface area contributed by atoms with Gasteiger partial charge in [0.25, 0.3) is 5.91 Å². The lowest BCUT2D eigenvalue weighted by Crippen LogP contribution is -2.18. The number of aromatic nitrogens is 1. The van der Waals surface area contributed by atoms with Gasteiger partial charge in [-0.2, -0.15) is 0 Å². The molecule has 0 bridgehead atoms. The molecule has 1 aliphatic carbocycles. The van der Waals surface area contributed by atoms with Crippen LogP contribution in [0.4, 0.5) is 17.2 Å². The molecule has 3 aromatic rings. The molecule has 35 heavy (non-hydrogen) atoms. The Kier molecular flexibility index (Phi) is 7.66. The van der Waals surface area contributed by atoms with Crippen molar-refractivity contribution in [2.24, 2.45) is 5.92 Å². The fraction of sp³-hybridized carbons (Fsp3) is 0.174. The van der Waals surface area contributed by atoms with Crippen molar-refractivity contribution in [2.75, 3.05) is 23.2 Å². The molecule has 2 atom stereocenters. The molecular weight excluding hydrogens is 558 g/mol. The minimum Gasteiger partial charge on any atom is -0.326 e. The SMILES string of the molecule is CONc1ccc(NC(=O)c2cc(NC(=O)C3C(c4cc(Cl)cc(Cl)c4)C3(Cl)Cl)ccc2Cl)nc1. The summed E-state index contributed by atoms with van der Waals surface area (Å²) in [6.07, 6.45) is 1.49. The molecule has 1 aliphatic rings. The lowest BCUT2D eigenvalue weighted by atomic mass is 10.1. The molecule has 1 saturated carbocycles. The Morgan fingerprint density at radius 2 is 1.63 bits per heavy atom. The fourth-order valence-corrected chi connectivity index (χ4v) is 5.22. The number of nitrogens with one attached hydrogen (secondary N) is 3. The van der Waals surface area contributed by atoms with Crippen LogP contribution >= 0.6 is 58.0 Å². The number of rotatable bonds is 7. The molecule has 182 valence electrons. The fourth-order valence-electron chi connectivity index (χ4n) is 3.65. The van der Waals surface area contributed by atoms with E-state index in [9.17, 15) is 9.59 Å². The van der Waals surface area contributed by atoms with Crippen LogP contribution in [0.3, 0.4) is 0 Å². The lowest BCUT2D eigenvalue weighted by molar-refractivity contribution is -0.117. The third kappa shape index (κ3) is 5.77. The third-order valence-corrected chi connectivity index (χ3v) is 6.99. The van der Waals surface area contributed by atoms with Gasteiger partial charge in [0.1, 0.15) is 10.2 Å². The maximum atomic E-state index is 13.0. The number of halogens is 5. The summed E-state index contributed by atoms with van der Waals surface area (Å²) in [5.74, 6) is -1.88. The number of carbonyl (C=O) groups excluding carboxylic acids is 2. The van der Waals surface area contributed by atoms with E-state index in [1.54, 1.807) is 36.4 Å². The number of hydrogen-bond donors (Lipinski definition) is 3. The Hall–Kier alpha value is -2.26. The van der Waals surface area contributed by atoms with E-state index in [2.05, 4.69) is 21.1 Å². The topological polar surface area (TPSA) is 92.4 Å². The first-order valence-corrected chi connectivity index (χ1v) is 12.0. The highest BCUT2D eigenvalue weighted by Crippen LogP contribution is 2.65. The second kappa shape index (κ2) is 10.4. The van der Waals surface area contributed by atoms with Gasteiger partial charge in [-0.1, -0.05) is 34.8 Å². The molecule has 12 heteroatoms. The number of anilines is 3. The summed E-state index contributed by atoms with van der Waals surface area (Å²) in [6, 6.07) is 12.7. The van der Waals surface area contributed by atoms with E-state index < -0.39 is 28.0 Å². The van der Waals surface area contributed by atoms with E-state index in [0.717, 1.165) is 0 Å². The number of pyridine rings is 1. The van der Waals surface area contributed by atoms with Gasteiger partial charge in [0.15, 0.2) is 0 Å². The Bertz CT molecular complexity index is 1270. The molecule has 1 aromatic heterocycles. The molecule has 0 spiro atoms. The number of amides is 2. The largest absolute Gasteiger partial charge is 0.326 e. The Balaban J connectivity index is 1.47. The Morgan fingerprint density at radius 1 is 0.943 bits per heavy atom. The molecule has 3 N–H and O–H groups in total. The molecule has 2 unspecified atom stereocenters. The van der Waals surface area contributed by atoms with Crippen LogP contribution in [0.25, 0.3) is 0 Å². The number of hydrogen-bond acceptors (Lipinski definition) is 5. The van der Waals surface area contributed by atoms with Crippen molar-refractivity contribution in [2.45, 2.75) is 10.3 Å². The number of alkyl halides is 2. The van der Waals surface area contributed by atoms with Gasteiger partial charge in [-0.25, -0.2) is 4.98 Å². The van der Waals surface area contributed by atoms with Crippen LogP contribution in [-0.2, 0) is 9.63 Å². The van der Waals surface area contributed by atoms with E-state index >= 15 is 0 Å². The highest BCUT2D eigenvalue weighted by Gasteiger charge is 2.67. The summed E-state index contributed by atoms with van der Waals surface area (Å²) >= 11 is 31.2. The van der Waals surface area contributed by atoms with Crippen molar-refractivity contribution in [3.8, 4) is 0 Å². The van der Waals surface area contributed by atoms with Crippen molar-refractivity contribution < 1.29 is 14.4 Å². The minimum absolute atomic E-state index is 0.141. The summed E-state index contributed by atoms with van der Waals surface area (Å²) < 4.78 is -1.33.